The third-order valence-electron chi connectivity index (χ3n) is 3.67. The molecule has 0 spiro atoms. The van der Waals surface area contributed by atoms with E-state index in [0.717, 1.165) is 25.8 Å². The van der Waals surface area contributed by atoms with Crippen LogP contribution in [0.3, 0.4) is 0 Å². The largest absolute Gasteiger partial charge is 0.493 e. The lowest BCUT2D eigenvalue weighted by Gasteiger charge is -2.31. The summed E-state index contributed by atoms with van der Waals surface area (Å²) < 4.78 is 10.9. The molecule has 122 valence electrons. The van der Waals surface area contributed by atoms with Crippen molar-refractivity contribution in [1.29, 1.82) is 0 Å². The Morgan fingerprint density at radius 2 is 2.27 bits per heavy atom. The molecule has 0 radical (unpaired) electrons. The van der Waals surface area contributed by atoms with Crippen molar-refractivity contribution in [2.75, 3.05) is 26.8 Å². The van der Waals surface area contributed by atoms with Gasteiger partial charge in [0.1, 0.15) is 0 Å². The van der Waals surface area contributed by atoms with E-state index in [2.05, 4.69) is 0 Å². The second-order valence-electron chi connectivity index (χ2n) is 5.49. The van der Waals surface area contributed by atoms with Gasteiger partial charge in [-0.15, -0.1) is 0 Å². The second-order valence-corrected chi connectivity index (χ2v) is 5.90. The number of methoxy groups -OCH3 is 1. The van der Waals surface area contributed by atoms with Crippen LogP contribution in [0.1, 0.15) is 36.5 Å². The number of benzene rings is 1. The standard InChI is InChI=1S/C16H23ClN2O3/c1-3-7-22-15-13(17)8-11(9-14(15)21-2)16(20)19-6-4-5-12(18)10-19/h8-9,12H,3-7,10,18H2,1-2H3. The van der Waals surface area contributed by atoms with Gasteiger partial charge in [0.15, 0.2) is 11.5 Å². The van der Waals surface area contributed by atoms with Gasteiger partial charge in [0.05, 0.1) is 18.7 Å². The molecule has 0 bridgehead atoms. The van der Waals surface area contributed by atoms with Crippen LogP contribution in [0.25, 0.3) is 0 Å². The van der Waals surface area contributed by atoms with Crippen LogP contribution in [0.4, 0.5) is 0 Å². The monoisotopic (exact) mass is 326 g/mol. The highest BCUT2D eigenvalue weighted by atomic mass is 35.5. The molecular weight excluding hydrogens is 304 g/mol. The zero-order chi connectivity index (χ0) is 16.1. The number of carbonyl (C=O) groups excluding carboxylic acids is 1. The molecule has 1 aliphatic heterocycles. The normalized spacial score (nSPS) is 18.2. The van der Waals surface area contributed by atoms with Crippen molar-refractivity contribution in [2.24, 2.45) is 5.73 Å². The zero-order valence-electron chi connectivity index (χ0n) is 13.1. The Kier molecular flexibility index (Phi) is 5.91. The quantitative estimate of drug-likeness (QED) is 0.903. The lowest BCUT2D eigenvalue weighted by atomic mass is 10.1. The zero-order valence-corrected chi connectivity index (χ0v) is 13.9. The fourth-order valence-electron chi connectivity index (χ4n) is 2.56. The van der Waals surface area contributed by atoms with Crippen molar-refractivity contribution >= 4 is 17.5 Å². The third kappa shape index (κ3) is 3.84. The van der Waals surface area contributed by atoms with E-state index < -0.39 is 0 Å². The number of halogens is 1. The molecule has 0 aromatic heterocycles. The van der Waals surface area contributed by atoms with Crippen molar-refractivity contribution in [2.45, 2.75) is 32.2 Å². The number of carbonyl (C=O) groups is 1. The minimum atomic E-state index is -0.0719. The Balaban J connectivity index is 2.24. The SMILES string of the molecule is CCCOc1c(Cl)cc(C(=O)N2CCCC(N)C2)cc1OC. The minimum absolute atomic E-state index is 0.0437. The molecule has 1 amide bonds. The number of amides is 1. The molecular formula is C16H23ClN2O3. The summed E-state index contributed by atoms with van der Waals surface area (Å²) in [5.41, 5.74) is 6.44. The first-order valence-electron chi connectivity index (χ1n) is 7.62. The van der Waals surface area contributed by atoms with Gasteiger partial charge >= 0.3 is 0 Å². The van der Waals surface area contributed by atoms with Crippen LogP contribution in [-0.2, 0) is 0 Å². The number of likely N-dealkylation sites (tertiary alicyclic amines) is 1. The lowest BCUT2D eigenvalue weighted by Crippen LogP contribution is -2.45. The van der Waals surface area contributed by atoms with Crippen LogP contribution < -0.4 is 15.2 Å². The highest BCUT2D eigenvalue weighted by molar-refractivity contribution is 6.32. The van der Waals surface area contributed by atoms with E-state index in [0.29, 0.717) is 35.2 Å². The maximum absolute atomic E-state index is 12.6. The molecule has 5 nitrogen and oxygen atoms in total. The van der Waals surface area contributed by atoms with Gasteiger partial charge in [-0.25, -0.2) is 0 Å². The molecule has 1 aliphatic rings. The van der Waals surface area contributed by atoms with Crippen LogP contribution in [0.2, 0.25) is 5.02 Å². The predicted molar refractivity (Wildman–Crippen MR) is 86.9 cm³/mol. The smallest absolute Gasteiger partial charge is 0.254 e. The van der Waals surface area contributed by atoms with E-state index in [1.165, 1.54) is 7.11 Å². The summed E-state index contributed by atoms with van der Waals surface area (Å²) in [5.74, 6) is 0.890. The molecule has 1 atom stereocenters. The Bertz CT molecular complexity index is 536. The van der Waals surface area contributed by atoms with Crippen LogP contribution in [0, 0.1) is 0 Å². The summed E-state index contributed by atoms with van der Waals surface area (Å²) >= 11 is 6.26. The molecule has 22 heavy (non-hydrogen) atoms. The Hall–Kier alpha value is -1.46. The summed E-state index contributed by atoms with van der Waals surface area (Å²) in [5, 5.41) is 0.387. The lowest BCUT2D eigenvalue weighted by molar-refractivity contribution is 0.0708. The van der Waals surface area contributed by atoms with Gasteiger partial charge in [-0.05, 0) is 31.4 Å². The van der Waals surface area contributed by atoms with Gasteiger partial charge in [0, 0.05) is 24.7 Å². The third-order valence-corrected chi connectivity index (χ3v) is 3.95. The molecule has 2 rings (SSSR count). The Labute approximate surface area is 136 Å². The van der Waals surface area contributed by atoms with Crippen LogP contribution >= 0.6 is 11.6 Å². The molecule has 1 fully saturated rings. The number of hydrogen-bond acceptors (Lipinski definition) is 4. The van der Waals surface area contributed by atoms with Crippen molar-refractivity contribution < 1.29 is 14.3 Å². The number of rotatable bonds is 5. The fourth-order valence-corrected chi connectivity index (χ4v) is 2.83. The van der Waals surface area contributed by atoms with E-state index in [9.17, 15) is 4.79 Å². The average Bonchev–Trinajstić information content (AvgIpc) is 2.52. The first-order valence-corrected chi connectivity index (χ1v) is 7.99. The molecule has 0 aliphatic carbocycles. The van der Waals surface area contributed by atoms with Crippen LogP contribution in [0.5, 0.6) is 11.5 Å². The van der Waals surface area contributed by atoms with Gasteiger partial charge in [0.2, 0.25) is 0 Å². The number of ether oxygens (including phenoxy) is 2. The highest BCUT2D eigenvalue weighted by Gasteiger charge is 2.24. The summed E-state index contributed by atoms with van der Waals surface area (Å²) in [7, 11) is 1.54. The summed E-state index contributed by atoms with van der Waals surface area (Å²) in [6.07, 6.45) is 2.75. The number of nitrogens with two attached hydrogens (primary N) is 1. The molecule has 1 aromatic carbocycles. The first-order chi connectivity index (χ1) is 10.6. The van der Waals surface area contributed by atoms with Gasteiger partial charge in [-0.2, -0.15) is 0 Å². The molecule has 0 saturated carbocycles. The first kappa shape index (κ1) is 16.9. The van der Waals surface area contributed by atoms with Crippen LogP contribution in [0.15, 0.2) is 12.1 Å². The van der Waals surface area contributed by atoms with Gasteiger partial charge in [0.25, 0.3) is 5.91 Å². The topological polar surface area (TPSA) is 64.8 Å². The Morgan fingerprint density at radius 3 is 2.91 bits per heavy atom. The minimum Gasteiger partial charge on any atom is -0.493 e. The molecule has 1 aromatic rings. The molecule has 1 unspecified atom stereocenters. The van der Waals surface area contributed by atoms with E-state index in [-0.39, 0.29) is 11.9 Å². The number of nitrogens with zero attached hydrogens (tertiary/aromatic N) is 1. The van der Waals surface area contributed by atoms with E-state index in [1.54, 1.807) is 17.0 Å². The van der Waals surface area contributed by atoms with Crippen molar-refractivity contribution in [3.05, 3.63) is 22.7 Å². The summed E-state index contributed by atoms with van der Waals surface area (Å²) in [4.78, 5) is 14.4. The average molecular weight is 327 g/mol. The number of hydrogen-bond donors (Lipinski definition) is 1. The Morgan fingerprint density at radius 1 is 1.50 bits per heavy atom. The molecule has 2 N–H and O–H groups in total. The molecule has 6 heteroatoms. The van der Waals surface area contributed by atoms with E-state index in [1.807, 2.05) is 6.92 Å². The van der Waals surface area contributed by atoms with Gasteiger partial charge < -0.3 is 20.1 Å². The highest BCUT2D eigenvalue weighted by Crippen LogP contribution is 2.37. The van der Waals surface area contributed by atoms with Crippen molar-refractivity contribution in [3.8, 4) is 11.5 Å². The maximum atomic E-state index is 12.6. The maximum Gasteiger partial charge on any atom is 0.254 e. The van der Waals surface area contributed by atoms with Crippen molar-refractivity contribution in [1.82, 2.24) is 4.90 Å². The van der Waals surface area contributed by atoms with E-state index >= 15 is 0 Å². The predicted octanol–water partition coefficient (Wildman–Crippen LogP) is 2.70. The van der Waals surface area contributed by atoms with Crippen LogP contribution in [-0.4, -0.2) is 43.7 Å². The molecule has 1 saturated heterocycles. The summed E-state index contributed by atoms with van der Waals surface area (Å²) in [6, 6.07) is 3.36. The summed E-state index contributed by atoms with van der Waals surface area (Å²) in [6.45, 7) is 3.86. The second kappa shape index (κ2) is 7.70. The van der Waals surface area contributed by atoms with Gasteiger partial charge in [-0.1, -0.05) is 18.5 Å². The fraction of sp³-hybridized carbons (Fsp3) is 0.562. The molecule has 1 heterocycles. The van der Waals surface area contributed by atoms with Crippen molar-refractivity contribution in [3.63, 3.8) is 0 Å². The van der Waals surface area contributed by atoms with E-state index in [4.69, 9.17) is 26.8 Å². The number of piperidine rings is 1. The van der Waals surface area contributed by atoms with Gasteiger partial charge in [-0.3, -0.25) is 4.79 Å².